The molecule has 0 amide bonds. The Hall–Kier alpha value is -3.23. The van der Waals surface area contributed by atoms with Crippen molar-refractivity contribution in [2.24, 2.45) is 5.92 Å². The highest BCUT2D eigenvalue weighted by Gasteiger charge is 2.34. The quantitative estimate of drug-likeness (QED) is 0.433. The highest BCUT2D eigenvalue weighted by molar-refractivity contribution is 5.74. The fraction of sp³-hybridized carbons (Fsp3) is 0.389. The van der Waals surface area contributed by atoms with Gasteiger partial charge in [0.05, 0.1) is 17.4 Å². The molecule has 1 aromatic carbocycles. The van der Waals surface area contributed by atoms with E-state index in [0.717, 1.165) is 0 Å². The first-order valence-corrected chi connectivity index (χ1v) is 8.74. The number of ether oxygens (including phenoxy) is 2. The van der Waals surface area contributed by atoms with Crippen LogP contribution in [-0.4, -0.2) is 40.6 Å². The average molecular weight is 372 g/mol. The molecule has 0 spiro atoms. The predicted molar refractivity (Wildman–Crippen MR) is 96.8 cm³/mol. The third-order valence-electron chi connectivity index (χ3n) is 4.25. The van der Waals surface area contributed by atoms with Crippen LogP contribution in [0.3, 0.4) is 0 Å². The molecule has 1 aliphatic heterocycles. The first-order valence-electron chi connectivity index (χ1n) is 8.74. The summed E-state index contributed by atoms with van der Waals surface area (Å²) in [4.78, 5) is 33.0. The maximum absolute atomic E-state index is 12.1. The van der Waals surface area contributed by atoms with Gasteiger partial charge in [-0.2, -0.15) is 4.98 Å². The van der Waals surface area contributed by atoms with Crippen molar-refractivity contribution in [3.63, 3.8) is 0 Å². The van der Waals surface area contributed by atoms with Gasteiger partial charge in [0.1, 0.15) is 12.1 Å². The number of hydrogen-bond donors (Lipinski definition) is 0. The third kappa shape index (κ3) is 4.30. The van der Waals surface area contributed by atoms with Crippen molar-refractivity contribution < 1.29 is 19.2 Å². The molecule has 1 unspecified atom stereocenters. The van der Waals surface area contributed by atoms with Gasteiger partial charge in [0, 0.05) is 13.1 Å². The molecule has 0 radical (unpaired) electrons. The fourth-order valence-corrected chi connectivity index (χ4v) is 3.04. The monoisotopic (exact) mass is 372 g/mol. The Morgan fingerprint density at radius 2 is 2.11 bits per heavy atom. The minimum Gasteiger partial charge on any atom is -0.466 e. The smallest absolute Gasteiger partial charge is 0.373 e. The Balaban J connectivity index is 1.89. The minimum absolute atomic E-state index is 0.130. The topological polar surface area (TPSA) is 108 Å². The number of benzene rings is 1. The van der Waals surface area contributed by atoms with Crippen LogP contribution in [0.1, 0.15) is 19.8 Å². The van der Waals surface area contributed by atoms with Crippen LogP contribution in [0.15, 0.2) is 36.7 Å². The molecule has 1 fully saturated rings. The Morgan fingerprint density at radius 1 is 1.33 bits per heavy atom. The van der Waals surface area contributed by atoms with E-state index in [-0.39, 0.29) is 29.3 Å². The van der Waals surface area contributed by atoms with E-state index in [1.807, 2.05) is 6.07 Å². The summed E-state index contributed by atoms with van der Waals surface area (Å²) in [5.41, 5.74) is -0.314. The lowest BCUT2D eigenvalue weighted by Crippen LogP contribution is -2.40. The number of hydrogen-bond acceptors (Lipinski definition) is 8. The highest BCUT2D eigenvalue weighted by atomic mass is 16.6. The zero-order valence-electron chi connectivity index (χ0n) is 14.9. The summed E-state index contributed by atoms with van der Waals surface area (Å²) in [6, 6.07) is 8.71. The van der Waals surface area contributed by atoms with Crippen molar-refractivity contribution in [1.82, 2.24) is 9.97 Å². The van der Waals surface area contributed by atoms with Crippen molar-refractivity contribution in [3.05, 3.63) is 46.8 Å². The number of aromatic nitrogens is 2. The molecule has 2 heterocycles. The molecule has 0 saturated carbocycles. The molecule has 27 heavy (non-hydrogen) atoms. The van der Waals surface area contributed by atoms with Crippen LogP contribution in [0.25, 0.3) is 0 Å². The second kappa shape index (κ2) is 8.43. The minimum atomic E-state index is -0.554. The van der Waals surface area contributed by atoms with E-state index in [4.69, 9.17) is 9.47 Å². The molecule has 9 heteroatoms. The Bertz CT molecular complexity index is 815. The molecule has 1 aliphatic rings. The van der Waals surface area contributed by atoms with E-state index in [1.54, 1.807) is 36.1 Å². The maximum Gasteiger partial charge on any atom is 0.373 e. The van der Waals surface area contributed by atoms with E-state index < -0.39 is 4.92 Å². The highest BCUT2D eigenvalue weighted by Crippen LogP contribution is 2.37. The van der Waals surface area contributed by atoms with Gasteiger partial charge in [-0.15, -0.1) is 0 Å². The molecule has 1 atom stereocenters. The summed E-state index contributed by atoms with van der Waals surface area (Å²) in [7, 11) is 0. The second-order valence-electron chi connectivity index (χ2n) is 6.06. The van der Waals surface area contributed by atoms with E-state index in [2.05, 4.69) is 9.97 Å². The molecule has 3 rings (SSSR count). The number of anilines is 1. The predicted octanol–water partition coefficient (Wildman–Crippen LogP) is 2.96. The van der Waals surface area contributed by atoms with Gasteiger partial charge < -0.3 is 14.4 Å². The van der Waals surface area contributed by atoms with Crippen molar-refractivity contribution in [2.75, 3.05) is 24.6 Å². The lowest BCUT2D eigenvalue weighted by molar-refractivity contribution is -0.385. The number of carbonyl (C=O) groups is 1. The average Bonchev–Trinajstić information content (AvgIpc) is 2.68. The van der Waals surface area contributed by atoms with Crippen LogP contribution in [0, 0.1) is 16.0 Å². The van der Waals surface area contributed by atoms with Gasteiger partial charge >= 0.3 is 17.5 Å². The van der Waals surface area contributed by atoms with Gasteiger partial charge in [-0.05, 0) is 31.9 Å². The molecule has 0 bridgehead atoms. The summed E-state index contributed by atoms with van der Waals surface area (Å²) >= 11 is 0. The van der Waals surface area contributed by atoms with E-state index >= 15 is 0 Å². The molecule has 0 N–H and O–H groups in total. The molecule has 2 aromatic rings. The zero-order chi connectivity index (χ0) is 19.2. The molecule has 9 nitrogen and oxygen atoms in total. The molecule has 0 aliphatic carbocycles. The summed E-state index contributed by atoms with van der Waals surface area (Å²) in [6.45, 7) is 2.92. The largest absolute Gasteiger partial charge is 0.466 e. The fourth-order valence-electron chi connectivity index (χ4n) is 3.04. The number of piperidine rings is 1. The summed E-state index contributed by atoms with van der Waals surface area (Å²) < 4.78 is 10.7. The number of nitrogens with zero attached hydrogens (tertiary/aromatic N) is 4. The van der Waals surface area contributed by atoms with Gasteiger partial charge in [-0.3, -0.25) is 14.9 Å². The molecule has 1 saturated heterocycles. The van der Waals surface area contributed by atoms with Crippen LogP contribution in [-0.2, 0) is 9.53 Å². The lowest BCUT2D eigenvalue weighted by atomic mass is 9.98. The van der Waals surface area contributed by atoms with Gasteiger partial charge in [0.2, 0.25) is 5.82 Å². The van der Waals surface area contributed by atoms with E-state index in [0.29, 0.717) is 38.3 Å². The van der Waals surface area contributed by atoms with Crippen LogP contribution in [0.4, 0.5) is 11.5 Å². The van der Waals surface area contributed by atoms with Gasteiger partial charge in [-0.1, -0.05) is 18.2 Å². The SMILES string of the molecule is CCOC(=O)C1CCCN(c2ncnc(Oc3ccccc3)c2[N+](=O)[O-])C1. The molecule has 1 aromatic heterocycles. The Morgan fingerprint density at radius 3 is 2.81 bits per heavy atom. The Kier molecular flexibility index (Phi) is 5.80. The maximum atomic E-state index is 12.1. The lowest BCUT2D eigenvalue weighted by Gasteiger charge is -2.31. The number of rotatable bonds is 6. The number of carbonyl (C=O) groups excluding carboxylic acids is 1. The number of esters is 1. The first-order chi connectivity index (χ1) is 13.1. The van der Waals surface area contributed by atoms with Crippen molar-refractivity contribution in [2.45, 2.75) is 19.8 Å². The van der Waals surface area contributed by atoms with Crippen molar-refractivity contribution >= 4 is 17.5 Å². The normalized spacial score (nSPS) is 16.6. The van der Waals surface area contributed by atoms with Gasteiger partial charge in [0.15, 0.2) is 0 Å². The van der Waals surface area contributed by atoms with Gasteiger partial charge in [-0.25, -0.2) is 4.98 Å². The summed E-state index contributed by atoms with van der Waals surface area (Å²) in [5.74, 6) is -0.177. The first kappa shape index (κ1) is 18.6. The van der Waals surface area contributed by atoms with Crippen LogP contribution < -0.4 is 9.64 Å². The third-order valence-corrected chi connectivity index (χ3v) is 4.25. The number of para-hydroxylation sites is 1. The summed E-state index contributed by atoms with van der Waals surface area (Å²) in [6.07, 6.45) is 2.62. The van der Waals surface area contributed by atoms with E-state index in [1.165, 1.54) is 6.33 Å². The van der Waals surface area contributed by atoms with Crippen LogP contribution >= 0.6 is 0 Å². The van der Waals surface area contributed by atoms with Crippen molar-refractivity contribution in [3.8, 4) is 11.6 Å². The molecular formula is C18H20N4O5. The summed E-state index contributed by atoms with van der Waals surface area (Å²) in [5, 5.41) is 11.7. The molecule has 142 valence electrons. The van der Waals surface area contributed by atoms with Gasteiger partial charge in [0.25, 0.3) is 0 Å². The Labute approximate surface area is 156 Å². The van der Waals surface area contributed by atoms with Crippen LogP contribution in [0.2, 0.25) is 0 Å². The van der Waals surface area contributed by atoms with E-state index in [9.17, 15) is 14.9 Å². The zero-order valence-corrected chi connectivity index (χ0v) is 14.9. The second-order valence-corrected chi connectivity index (χ2v) is 6.06. The standard InChI is InChI=1S/C18H20N4O5/c1-2-26-18(23)13-7-6-10-21(11-13)16-15(22(24)25)17(20-12-19-16)27-14-8-4-3-5-9-14/h3-5,8-9,12-13H,2,6-7,10-11H2,1H3. The number of nitro groups is 1. The van der Waals surface area contributed by atoms with Crippen molar-refractivity contribution in [1.29, 1.82) is 0 Å². The molecular weight excluding hydrogens is 352 g/mol. The van der Waals surface area contributed by atoms with Crippen LogP contribution in [0.5, 0.6) is 11.6 Å².